The van der Waals surface area contributed by atoms with Crippen LogP contribution in [0.3, 0.4) is 0 Å². The third-order valence-electron chi connectivity index (χ3n) is 3.49. The van der Waals surface area contributed by atoms with Gasteiger partial charge in [0.15, 0.2) is 5.83 Å². The molecule has 0 aromatic carbocycles. The van der Waals surface area contributed by atoms with Crippen LogP contribution in [0.1, 0.15) is 39.5 Å². The van der Waals surface area contributed by atoms with E-state index in [0.29, 0.717) is 12.0 Å². The fraction of sp³-hybridized carbons (Fsp3) is 0.571. The van der Waals surface area contributed by atoms with Gasteiger partial charge in [-0.3, -0.25) is 14.5 Å². The number of carbonyl (C=O) groups excluding carboxylic acids is 2. The molecule has 0 N–H and O–H groups in total. The van der Waals surface area contributed by atoms with Gasteiger partial charge >= 0.3 is 0 Å². The predicted molar refractivity (Wildman–Crippen MR) is 66.3 cm³/mol. The number of rotatable bonds is 3. The minimum absolute atomic E-state index is 0.0369. The van der Waals surface area contributed by atoms with Crippen LogP contribution in [0, 0.1) is 5.92 Å². The standard InChI is InChI=1S/C14H17F2NO2/c1-3-4-11(18)17-7-10(15)12(16)14(19)13(17)8(2)9-5-6-9/h7,9,12H,3-6H2,1-2H3/b13-8+. The van der Waals surface area contributed by atoms with Crippen molar-refractivity contribution in [2.75, 3.05) is 0 Å². The van der Waals surface area contributed by atoms with E-state index < -0.39 is 17.8 Å². The first kappa shape index (κ1) is 13.9. The highest BCUT2D eigenvalue weighted by Crippen LogP contribution is 2.40. The van der Waals surface area contributed by atoms with Crippen molar-refractivity contribution in [2.24, 2.45) is 5.92 Å². The summed E-state index contributed by atoms with van der Waals surface area (Å²) in [6.07, 6.45) is 1.21. The molecular formula is C14H17F2NO2. The lowest BCUT2D eigenvalue weighted by atomic mass is 10.00. The van der Waals surface area contributed by atoms with E-state index in [9.17, 15) is 18.4 Å². The van der Waals surface area contributed by atoms with Crippen LogP contribution in [0.15, 0.2) is 23.3 Å². The van der Waals surface area contributed by atoms with Crippen molar-refractivity contribution in [1.29, 1.82) is 0 Å². The SMILES string of the molecule is CCCC(=O)N1C=C(F)C(F)C(=O)/C1=C(/C)C1CC1. The van der Waals surface area contributed by atoms with Gasteiger partial charge in [0.25, 0.3) is 0 Å². The summed E-state index contributed by atoms with van der Waals surface area (Å²) in [6, 6.07) is 0. The monoisotopic (exact) mass is 269 g/mol. The Kier molecular flexibility index (Phi) is 3.83. The molecule has 5 heteroatoms. The largest absolute Gasteiger partial charge is 0.289 e. The topological polar surface area (TPSA) is 37.4 Å². The highest BCUT2D eigenvalue weighted by molar-refractivity contribution is 6.05. The van der Waals surface area contributed by atoms with Crippen molar-refractivity contribution in [3.05, 3.63) is 23.3 Å². The van der Waals surface area contributed by atoms with E-state index in [0.717, 1.165) is 23.9 Å². The lowest BCUT2D eigenvalue weighted by Gasteiger charge is -2.28. The first-order valence-corrected chi connectivity index (χ1v) is 6.55. The molecule has 3 nitrogen and oxygen atoms in total. The molecule has 1 atom stereocenters. The molecule has 2 aliphatic rings. The highest BCUT2D eigenvalue weighted by Gasteiger charge is 2.40. The third-order valence-corrected chi connectivity index (χ3v) is 3.49. The molecule has 1 amide bonds. The molecular weight excluding hydrogens is 252 g/mol. The van der Waals surface area contributed by atoms with Gasteiger partial charge in [-0.05, 0) is 37.7 Å². The normalized spacial score (nSPS) is 26.3. The van der Waals surface area contributed by atoms with Crippen molar-refractivity contribution in [3.8, 4) is 0 Å². The van der Waals surface area contributed by atoms with Crippen molar-refractivity contribution < 1.29 is 18.4 Å². The van der Waals surface area contributed by atoms with Crippen LogP contribution in [-0.4, -0.2) is 22.8 Å². The van der Waals surface area contributed by atoms with E-state index in [2.05, 4.69) is 0 Å². The maximum Gasteiger partial charge on any atom is 0.231 e. The second-order valence-corrected chi connectivity index (χ2v) is 5.06. The van der Waals surface area contributed by atoms with Crippen LogP contribution in [0.2, 0.25) is 0 Å². The first-order chi connectivity index (χ1) is 8.97. The summed E-state index contributed by atoms with van der Waals surface area (Å²) in [5.41, 5.74) is 0.732. The van der Waals surface area contributed by atoms with Gasteiger partial charge in [-0.1, -0.05) is 6.92 Å². The van der Waals surface area contributed by atoms with Gasteiger partial charge in [0, 0.05) is 12.6 Å². The maximum atomic E-state index is 13.5. The molecule has 0 spiro atoms. The maximum absolute atomic E-state index is 13.5. The van der Waals surface area contributed by atoms with Crippen molar-refractivity contribution in [1.82, 2.24) is 4.90 Å². The summed E-state index contributed by atoms with van der Waals surface area (Å²) >= 11 is 0. The number of ketones is 1. The van der Waals surface area contributed by atoms with Gasteiger partial charge in [-0.2, -0.15) is 0 Å². The number of alkyl halides is 1. The van der Waals surface area contributed by atoms with E-state index in [1.807, 2.05) is 6.92 Å². The smallest absolute Gasteiger partial charge is 0.231 e. The number of hydrogen-bond acceptors (Lipinski definition) is 2. The van der Waals surface area contributed by atoms with Gasteiger partial charge in [-0.15, -0.1) is 0 Å². The van der Waals surface area contributed by atoms with Gasteiger partial charge in [0.1, 0.15) is 0 Å². The van der Waals surface area contributed by atoms with Gasteiger partial charge in [0.05, 0.1) is 5.70 Å². The molecule has 1 saturated carbocycles. The van der Waals surface area contributed by atoms with Gasteiger partial charge < -0.3 is 0 Å². The highest BCUT2D eigenvalue weighted by atomic mass is 19.2. The second kappa shape index (κ2) is 5.23. The van der Waals surface area contributed by atoms with Crippen molar-refractivity contribution in [2.45, 2.75) is 45.7 Å². The van der Waals surface area contributed by atoms with E-state index in [-0.39, 0.29) is 23.9 Å². The molecule has 1 aliphatic heterocycles. The third kappa shape index (κ3) is 2.60. The molecule has 0 radical (unpaired) electrons. The molecule has 1 fully saturated rings. The summed E-state index contributed by atoms with van der Waals surface area (Å²) < 4.78 is 26.9. The number of nitrogens with zero attached hydrogens (tertiary/aromatic N) is 1. The average molecular weight is 269 g/mol. The summed E-state index contributed by atoms with van der Waals surface area (Å²) in [6.45, 7) is 3.54. The molecule has 0 aromatic heterocycles. The predicted octanol–water partition coefficient (Wildman–Crippen LogP) is 3.03. The zero-order valence-electron chi connectivity index (χ0n) is 11.1. The van der Waals surface area contributed by atoms with Crippen LogP contribution in [-0.2, 0) is 9.59 Å². The Hall–Kier alpha value is -1.52. The Labute approximate surface area is 111 Å². The number of allylic oxidation sites excluding steroid dienone is 3. The lowest BCUT2D eigenvalue weighted by molar-refractivity contribution is -0.132. The van der Waals surface area contributed by atoms with Crippen LogP contribution in [0.25, 0.3) is 0 Å². The Morgan fingerprint density at radius 2 is 2.11 bits per heavy atom. The summed E-state index contributed by atoms with van der Waals surface area (Å²) in [4.78, 5) is 24.9. The minimum Gasteiger partial charge on any atom is -0.289 e. The average Bonchev–Trinajstić information content (AvgIpc) is 3.19. The molecule has 1 unspecified atom stereocenters. The molecule has 0 bridgehead atoms. The number of carbonyl (C=O) groups is 2. The van der Waals surface area contributed by atoms with Crippen molar-refractivity contribution in [3.63, 3.8) is 0 Å². The van der Waals surface area contributed by atoms with Crippen LogP contribution >= 0.6 is 0 Å². The van der Waals surface area contributed by atoms with E-state index >= 15 is 0 Å². The summed E-state index contributed by atoms with van der Waals surface area (Å²) in [7, 11) is 0. The van der Waals surface area contributed by atoms with Gasteiger partial charge in [0.2, 0.25) is 17.9 Å². The molecule has 0 aromatic rings. The Bertz CT molecular complexity index is 478. The lowest BCUT2D eigenvalue weighted by Crippen LogP contribution is -2.38. The molecule has 104 valence electrons. The summed E-state index contributed by atoms with van der Waals surface area (Å²) in [5.74, 6) is -2.28. The molecule has 2 rings (SSSR count). The number of Topliss-reactive ketones (excluding diaryl/α,β-unsaturated/α-hetero) is 1. The Morgan fingerprint density at radius 1 is 1.47 bits per heavy atom. The zero-order valence-corrected chi connectivity index (χ0v) is 11.1. The van der Waals surface area contributed by atoms with Crippen molar-refractivity contribution >= 4 is 11.7 Å². The van der Waals surface area contributed by atoms with E-state index in [4.69, 9.17) is 0 Å². The van der Waals surface area contributed by atoms with Gasteiger partial charge in [-0.25, -0.2) is 8.78 Å². The van der Waals surface area contributed by atoms with Crippen LogP contribution in [0.4, 0.5) is 8.78 Å². The minimum atomic E-state index is -2.27. The Balaban J connectivity index is 2.43. The number of hydrogen-bond donors (Lipinski definition) is 0. The second-order valence-electron chi connectivity index (χ2n) is 5.06. The fourth-order valence-electron chi connectivity index (χ4n) is 2.24. The number of amides is 1. The first-order valence-electron chi connectivity index (χ1n) is 6.55. The zero-order chi connectivity index (χ0) is 14.2. The van der Waals surface area contributed by atoms with Crippen LogP contribution in [0.5, 0.6) is 0 Å². The van der Waals surface area contributed by atoms with E-state index in [1.54, 1.807) is 6.92 Å². The molecule has 1 aliphatic carbocycles. The fourth-order valence-corrected chi connectivity index (χ4v) is 2.24. The molecule has 1 heterocycles. The molecule has 19 heavy (non-hydrogen) atoms. The summed E-state index contributed by atoms with van der Waals surface area (Å²) in [5, 5.41) is 0. The van der Waals surface area contributed by atoms with E-state index in [1.165, 1.54) is 0 Å². The number of halogens is 2. The van der Waals surface area contributed by atoms with Crippen LogP contribution < -0.4 is 0 Å². The quantitative estimate of drug-likeness (QED) is 0.738. The molecule has 0 saturated heterocycles. The Morgan fingerprint density at radius 3 is 2.63 bits per heavy atom.